The number of amides is 4. The fourth-order valence-corrected chi connectivity index (χ4v) is 10.4. The molecule has 18 heteroatoms. The average molecular weight is 916 g/mol. The topological polar surface area (TPSA) is 184 Å². The minimum atomic E-state index is -0.631. The number of fused-ring (bicyclic) bond motifs is 4. The van der Waals surface area contributed by atoms with E-state index >= 15 is 0 Å². The molecule has 0 saturated carbocycles. The molecular formula is C47H51ClN12O4S. The summed E-state index contributed by atoms with van der Waals surface area (Å²) >= 11 is 7.88. The van der Waals surface area contributed by atoms with Gasteiger partial charge in [0, 0.05) is 90.9 Å². The van der Waals surface area contributed by atoms with Crippen molar-refractivity contribution in [2.75, 3.05) is 45.1 Å². The van der Waals surface area contributed by atoms with Crippen LogP contribution in [0, 0.1) is 25.7 Å². The van der Waals surface area contributed by atoms with Crippen LogP contribution in [0.2, 0.25) is 5.02 Å². The fraction of sp³-hybridized carbons (Fsp3) is 0.404. The number of aromatic nitrogens is 5. The number of rotatable bonds is 13. The number of aliphatic imine (C=N–C) groups is 1. The molecule has 2 aromatic carbocycles. The number of carbonyl (C=O) groups is 4. The number of benzene rings is 2. The molecule has 4 aliphatic heterocycles. The normalized spacial score (nSPS) is 18.6. The second-order valence-electron chi connectivity index (χ2n) is 16.9. The molecule has 0 bridgehead atoms. The van der Waals surface area contributed by atoms with E-state index in [0.717, 1.165) is 94.5 Å². The lowest BCUT2D eigenvalue weighted by Crippen LogP contribution is -2.52. The van der Waals surface area contributed by atoms with Crippen molar-refractivity contribution >= 4 is 58.0 Å². The second-order valence-corrected chi connectivity index (χ2v) is 18.4. The molecule has 65 heavy (non-hydrogen) atoms. The van der Waals surface area contributed by atoms with Gasteiger partial charge in [0.25, 0.3) is 5.91 Å². The number of piperidine rings is 2. The number of imide groups is 1. The van der Waals surface area contributed by atoms with Gasteiger partial charge >= 0.3 is 0 Å². The highest BCUT2D eigenvalue weighted by Gasteiger charge is 2.40. The van der Waals surface area contributed by atoms with Crippen LogP contribution in [0.25, 0.3) is 5.00 Å². The number of nitrogens with zero attached hydrogens (tertiary/aromatic N) is 8. The molecule has 2 saturated heterocycles. The molecule has 0 spiro atoms. The molecule has 0 radical (unpaired) electrons. The summed E-state index contributed by atoms with van der Waals surface area (Å²) in [6.07, 6.45) is 7.40. The lowest BCUT2D eigenvalue weighted by molar-refractivity contribution is -0.137. The number of carbonyl (C=O) groups excluding carboxylic acids is 4. The molecule has 0 aliphatic carbocycles. The van der Waals surface area contributed by atoms with E-state index in [0.29, 0.717) is 48.3 Å². The summed E-state index contributed by atoms with van der Waals surface area (Å²) in [7, 11) is 1.85. The predicted molar refractivity (Wildman–Crippen MR) is 248 cm³/mol. The van der Waals surface area contributed by atoms with Gasteiger partial charge in [0.05, 0.1) is 28.8 Å². The Bertz CT molecular complexity index is 2740. The van der Waals surface area contributed by atoms with Crippen molar-refractivity contribution in [3.8, 4) is 16.8 Å². The Kier molecular flexibility index (Phi) is 12.9. The van der Waals surface area contributed by atoms with Crippen LogP contribution in [-0.4, -0.2) is 116 Å². The lowest BCUT2D eigenvalue weighted by Gasteiger charge is -2.33. The van der Waals surface area contributed by atoms with E-state index in [-0.39, 0.29) is 36.6 Å². The molecule has 2 fully saturated rings. The van der Waals surface area contributed by atoms with Crippen LogP contribution in [0.4, 0.5) is 5.69 Å². The number of anilines is 1. The van der Waals surface area contributed by atoms with Crippen LogP contribution < -0.4 is 21.3 Å². The Balaban J connectivity index is 0.823. The molecule has 16 nitrogen and oxygen atoms in total. The van der Waals surface area contributed by atoms with E-state index in [2.05, 4.69) is 60.2 Å². The number of aryl methyl sites for hydroxylation is 2. The van der Waals surface area contributed by atoms with E-state index in [1.807, 2.05) is 78.1 Å². The quantitative estimate of drug-likeness (QED) is 0.0744. The number of hydrogen-bond donors (Lipinski definition) is 4. The van der Waals surface area contributed by atoms with Gasteiger partial charge in [0.2, 0.25) is 17.7 Å². The molecule has 336 valence electrons. The molecule has 5 aromatic rings. The third-order valence-corrected chi connectivity index (χ3v) is 14.0. The molecule has 9 rings (SSSR count). The van der Waals surface area contributed by atoms with Gasteiger partial charge in [-0.1, -0.05) is 41.6 Å². The molecule has 4 amide bonds. The van der Waals surface area contributed by atoms with Crippen molar-refractivity contribution in [1.29, 1.82) is 0 Å². The van der Waals surface area contributed by atoms with Gasteiger partial charge in [-0.2, -0.15) is 5.10 Å². The van der Waals surface area contributed by atoms with Gasteiger partial charge in [0.15, 0.2) is 5.82 Å². The number of likely N-dealkylation sites (tertiary alicyclic amines) is 1. The third kappa shape index (κ3) is 9.35. The third-order valence-electron chi connectivity index (χ3n) is 12.5. The predicted octanol–water partition coefficient (Wildman–Crippen LogP) is 4.54. The van der Waals surface area contributed by atoms with Crippen LogP contribution in [0.3, 0.4) is 0 Å². The van der Waals surface area contributed by atoms with Crippen molar-refractivity contribution in [1.82, 2.24) is 50.3 Å². The van der Waals surface area contributed by atoms with Crippen molar-refractivity contribution in [3.63, 3.8) is 0 Å². The fourth-order valence-electron chi connectivity index (χ4n) is 9.09. The summed E-state index contributed by atoms with van der Waals surface area (Å²) in [5.74, 6) is 7.14. The zero-order chi connectivity index (χ0) is 45.2. The molecule has 1 unspecified atom stereocenters. The summed E-state index contributed by atoms with van der Waals surface area (Å²) in [6, 6.07) is 12.4. The SMILES string of the molecule is CNCCNC(=O)C[C@@H]1N=C(c2ccc(Cl)cc2)c2c(sc(C#Cc3cnn(CCCN4CCC(Nc5cccc6c5CN(C5CCC(=O)NC5=O)C6=O)CC4)c3)c2C)-n2c(C)nnc21. The van der Waals surface area contributed by atoms with Crippen molar-refractivity contribution in [3.05, 3.63) is 110 Å². The van der Waals surface area contributed by atoms with Gasteiger partial charge in [0.1, 0.15) is 22.9 Å². The van der Waals surface area contributed by atoms with E-state index in [9.17, 15) is 19.2 Å². The van der Waals surface area contributed by atoms with E-state index in [1.165, 1.54) is 0 Å². The summed E-state index contributed by atoms with van der Waals surface area (Å²) < 4.78 is 3.97. The first-order valence-corrected chi connectivity index (χ1v) is 23.3. The molecule has 3 aromatic heterocycles. The van der Waals surface area contributed by atoms with Gasteiger partial charge in [-0.3, -0.25) is 38.7 Å². The molecule has 2 atom stereocenters. The number of likely N-dealkylation sites (N-methyl/N-ethyl adjacent to an activating group) is 1. The van der Waals surface area contributed by atoms with Crippen LogP contribution in [0.5, 0.6) is 0 Å². The Hall–Kier alpha value is -6.19. The number of hydrogen-bond acceptors (Lipinski definition) is 12. The second kappa shape index (κ2) is 19.1. The molecule has 7 heterocycles. The summed E-state index contributed by atoms with van der Waals surface area (Å²) in [4.78, 5) is 60.9. The minimum Gasteiger partial charge on any atom is -0.382 e. The van der Waals surface area contributed by atoms with Crippen molar-refractivity contribution in [2.24, 2.45) is 4.99 Å². The van der Waals surface area contributed by atoms with E-state index < -0.39 is 18.0 Å². The van der Waals surface area contributed by atoms with Crippen LogP contribution in [-0.2, 0) is 27.5 Å². The first-order valence-electron chi connectivity index (χ1n) is 22.2. The van der Waals surface area contributed by atoms with Crippen molar-refractivity contribution in [2.45, 2.75) is 83.6 Å². The molecule has 4 aliphatic rings. The van der Waals surface area contributed by atoms with Crippen LogP contribution in [0.1, 0.15) is 99.3 Å². The monoisotopic (exact) mass is 914 g/mol. The summed E-state index contributed by atoms with van der Waals surface area (Å²) in [5, 5.41) is 27.3. The standard InChI is InChI=1S/C47H51ClN12O4S/c1-28-39(65-47-42(28)43(31-9-11-32(48)12-10-31)53-37(24-41(62)50-19-18-49-3)44-56-55-29(2)60(44)47)14-8-30-25-51-58(26-30)21-5-20-57-22-16-33(17-23-57)52-36-7-4-6-34-35(36)27-59(46(34)64)38-13-15-40(61)54-45(38)63/h4,6-7,9-12,25-26,33,37-38,49,52H,5,13,15-24,27H2,1-3H3,(H,50,62)(H,54,61,63)/t37-,38?/m0/s1. The summed E-state index contributed by atoms with van der Waals surface area (Å²) in [6.45, 7) is 9.14. The maximum absolute atomic E-state index is 13.3. The van der Waals surface area contributed by atoms with Gasteiger partial charge in [-0.25, -0.2) is 0 Å². The number of thiophene rings is 1. The van der Waals surface area contributed by atoms with Gasteiger partial charge < -0.3 is 25.8 Å². The van der Waals surface area contributed by atoms with Gasteiger partial charge in [-0.05, 0) is 83.0 Å². The molecular weight excluding hydrogens is 864 g/mol. The average Bonchev–Trinajstić information content (AvgIpc) is 4.06. The highest BCUT2D eigenvalue weighted by molar-refractivity contribution is 7.15. The Morgan fingerprint density at radius 2 is 1.82 bits per heavy atom. The number of nitrogens with one attached hydrogen (secondary N) is 4. The first-order chi connectivity index (χ1) is 31.5. The zero-order valence-electron chi connectivity index (χ0n) is 36.6. The molecule has 4 N–H and O–H groups in total. The first kappa shape index (κ1) is 44.0. The maximum atomic E-state index is 13.3. The highest BCUT2D eigenvalue weighted by Crippen LogP contribution is 2.40. The minimum absolute atomic E-state index is 0.115. The zero-order valence-corrected chi connectivity index (χ0v) is 38.2. The Morgan fingerprint density at radius 3 is 2.60 bits per heavy atom. The largest absolute Gasteiger partial charge is 0.382 e. The van der Waals surface area contributed by atoms with Gasteiger partial charge in [-0.15, -0.1) is 21.5 Å². The lowest BCUT2D eigenvalue weighted by atomic mass is 9.99. The highest BCUT2D eigenvalue weighted by atomic mass is 35.5. The maximum Gasteiger partial charge on any atom is 0.255 e. The Morgan fingerprint density at radius 1 is 1.00 bits per heavy atom. The van der Waals surface area contributed by atoms with Crippen molar-refractivity contribution < 1.29 is 19.2 Å². The summed E-state index contributed by atoms with van der Waals surface area (Å²) in [5.41, 5.74) is 6.84. The smallest absolute Gasteiger partial charge is 0.255 e. The van der Waals surface area contributed by atoms with Crippen LogP contribution in [0.15, 0.2) is 59.9 Å². The van der Waals surface area contributed by atoms with Crippen LogP contribution >= 0.6 is 22.9 Å². The van der Waals surface area contributed by atoms with E-state index in [1.54, 1.807) is 16.2 Å². The Labute approximate surface area is 386 Å². The van der Waals surface area contributed by atoms with E-state index in [4.69, 9.17) is 16.6 Å². The number of halogens is 1.